The second-order valence-electron chi connectivity index (χ2n) is 4.96. The number of nitro benzene ring substituents is 1. The van der Waals surface area contributed by atoms with Gasteiger partial charge in [0, 0.05) is 17.7 Å². The first-order valence-electron chi connectivity index (χ1n) is 6.44. The minimum Gasteiger partial charge on any atom is -0.623 e. The molecule has 1 aliphatic rings. The van der Waals surface area contributed by atoms with Gasteiger partial charge in [-0.1, -0.05) is 6.07 Å². The standard InChI is InChI=1S/C14H14N2O5S/c1-9-7-13(16(18)19)4-3-11(9)8-12-5-6-15(17)14(10(12)2)22(20)21/h3-7,15H,8H2,1-2H3. The Labute approximate surface area is 128 Å². The number of benzene rings is 1. The van der Waals surface area contributed by atoms with Gasteiger partial charge in [0.05, 0.1) is 4.92 Å². The summed E-state index contributed by atoms with van der Waals surface area (Å²) >= 11 is 0. The molecule has 0 aromatic heterocycles. The molecule has 0 radical (unpaired) electrons. The van der Waals surface area contributed by atoms with E-state index < -0.39 is 20.3 Å². The summed E-state index contributed by atoms with van der Waals surface area (Å²) in [6, 6.07) is 4.53. The van der Waals surface area contributed by atoms with Crippen molar-refractivity contribution in [1.82, 2.24) is 0 Å². The second-order valence-corrected chi connectivity index (χ2v) is 5.83. The number of hydrogen-bond donors (Lipinski definition) is 1. The topological polar surface area (TPSA) is 105 Å². The van der Waals surface area contributed by atoms with E-state index in [-0.39, 0.29) is 10.7 Å². The van der Waals surface area contributed by atoms with Crippen molar-refractivity contribution < 1.29 is 18.4 Å². The number of nitrogens with zero attached hydrogens (tertiary/aromatic N) is 1. The van der Waals surface area contributed by atoms with Gasteiger partial charge in [-0.2, -0.15) is 8.42 Å². The molecule has 0 fully saturated rings. The molecule has 1 N–H and O–H groups in total. The molecule has 0 spiro atoms. The lowest BCUT2D eigenvalue weighted by Gasteiger charge is -2.22. The molecule has 0 bridgehead atoms. The largest absolute Gasteiger partial charge is 0.623 e. The Balaban J connectivity index is 2.41. The van der Waals surface area contributed by atoms with Gasteiger partial charge in [0.15, 0.2) is 0 Å². The van der Waals surface area contributed by atoms with Gasteiger partial charge < -0.3 is 10.3 Å². The van der Waals surface area contributed by atoms with E-state index in [1.165, 1.54) is 18.3 Å². The third-order valence-electron chi connectivity index (χ3n) is 3.57. The Morgan fingerprint density at radius 2 is 1.95 bits per heavy atom. The summed E-state index contributed by atoms with van der Waals surface area (Å²) in [6.45, 7) is 3.34. The number of hydrogen-bond acceptors (Lipinski definition) is 5. The van der Waals surface area contributed by atoms with Crippen molar-refractivity contribution in [3.8, 4) is 0 Å². The maximum absolute atomic E-state index is 11.6. The van der Waals surface area contributed by atoms with Gasteiger partial charge in [0.25, 0.3) is 21.0 Å². The molecule has 1 aromatic rings. The average molecular weight is 322 g/mol. The van der Waals surface area contributed by atoms with Crippen LogP contribution in [-0.4, -0.2) is 18.3 Å². The highest BCUT2D eigenvalue weighted by Gasteiger charge is 2.20. The van der Waals surface area contributed by atoms with Crippen LogP contribution >= 0.6 is 0 Å². The maximum Gasteiger partial charge on any atom is 0.277 e. The Bertz CT molecular complexity index is 829. The lowest BCUT2D eigenvalue weighted by molar-refractivity contribution is -0.680. The zero-order valence-corrected chi connectivity index (χ0v) is 12.8. The minimum atomic E-state index is -2.59. The molecule has 1 aliphatic heterocycles. The predicted molar refractivity (Wildman–Crippen MR) is 81.6 cm³/mol. The number of non-ortho nitro benzene ring substituents is 1. The predicted octanol–water partition coefficient (Wildman–Crippen LogP) is 0.681. The molecule has 7 nitrogen and oxygen atoms in total. The monoisotopic (exact) mass is 322 g/mol. The van der Waals surface area contributed by atoms with E-state index in [2.05, 4.69) is 0 Å². The van der Waals surface area contributed by atoms with Crippen LogP contribution in [0.4, 0.5) is 5.69 Å². The quantitative estimate of drug-likeness (QED) is 0.381. The molecule has 1 atom stereocenters. The third-order valence-corrected chi connectivity index (χ3v) is 4.41. The minimum absolute atomic E-state index is 0.00855. The molecular formula is C14H14N2O5S. The average Bonchev–Trinajstić information content (AvgIpc) is 2.43. The molecule has 0 aliphatic carbocycles. The lowest BCUT2D eigenvalue weighted by atomic mass is 9.96. The molecule has 116 valence electrons. The van der Waals surface area contributed by atoms with Crippen LogP contribution in [0.5, 0.6) is 0 Å². The second kappa shape index (κ2) is 6.22. The number of nitrogens with one attached hydrogen (secondary N) is 1. The fraction of sp³-hybridized carbons (Fsp3) is 0.214. The van der Waals surface area contributed by atoms with Crippen LogP contribution in [0.25, 0.3) is 0 Å². The Morgan fingerprint density at radius 1 is 1.27 bits per heavy atom. The Kier molecular flexibility index (Phi) is 4.55. The fourth-order valence-electron chi connectivity index (χ4n) is 2.30. The molecule has 1 unspecified atom stereocenters. The van der Waals surface area contributed by atoms with Gasteiger partial charge in [-0.15, -0.1) is 0 Å². The number of aryl methyl sites for hydroxylation is 1. The van der Waals surface area contributed by atoms with Crippen molar-refractivity contribution in [2.45, 2.75) is 20.3 Å². The van der Waals surface area contributed by atoms with E-state index in [9.17, 15) is 23.7 Å². The van der Waals surface area contributed by atoms with E-state index in [1.54, 1.807) is 26.0 Å². The normalized spacial score (nSPS) is 17.8. The maximum atomic E-state index is 11.6. The SMILES string of the molecule is CC1=C(Cc2ccc([N+](=O)[O-])cc2C)C=C[NH+]([O-])C1=S(=O)=O. The molecule has 22 heavy (non-hydrogen) atoms. The van der Waals surface area contributed by atoms with Gasteiger partial charge >= 0.3 is 0 Å². The van der Waals surface area contributed by atoms with Gasteiger partial charge in [-0.3, -0.25) is 10.1 Å². The smallest absolute Gasteiger partial charge is 0.277 e. The first kappa shape index (κ1) is 16.1. The molecule has 1 heterocycles. The molecule has 2 rings (SSSR count). The Morgan fingerprint density at radius 3 is 2.50 bits per heavy atom. The summed E-state index contributed by atoms with van der Waals surface area (Å²) in [5, 5.41) is 21.8. The summed E-state index contributed by atoms with van der Waals surface area (Å²) in [5.74, 6) is 0. The number of hydroxylamine groups is 2. The molecule has 1 aromatic carbocycles. The first-order chi connectivity index (χ1) is 10.3. The Hall–Kier alpha value is -2.29. The summed E-state index contributed by atoms with van der Waals surface area (Å²) in [6.07, 6.45) is 3.23. The van der Waals surface area contributed by atoms with Crippen LogP contribution < -0.4 is 5.06 Å². The van der Waals surface area contributed by atoms with Crippen molar-refractivity contribution in [2.24, 2.45) is 0 Å². The van der Waals surface area contributed by atoms with E-state index in [0.29, 0.717) is 17.6 Å². The highest BCUT2D eigenvalue weighted by molar-refractivity contribution is 7.72. The highest BCUT2D eigenvalue weighted by Crippen LogP contribution is 2.22. The van der Waals surface area contributed by atoms with Gasteiger partial charge in [-0.25, -0.2) is 0 Å². The van der Waals surface area contributed by atoms with Crippen molar-refractivity contribution in [3.63, 3.8) is 0 Å². The highest BCUT2D eigenvalue weighted by atomic mass is 32.2. The molecule has 0 saturated heterocycles. The summed E-state index contributed by atoms with van der Waals surface area (Å²) in [7, 11) is -2.59. The third kappa shape index (κ3) is 3.14. The van der Waals surface area contributed by atoms with Gasteiger partial charge in [0.2, 0.25) is 0 Å². The van der Waals surface area contributed by atoms with Crippen LogP contribution in [0.15, 0.2) is 41.6 Å². The summed E-state index contributed by atoms with van der Waals surface area (Å²) < 4.78 is 22.3. The molecule has 0 amide bonds. The van der Waals surface area contributed by atoms with E-state index in [1.807, 2.05) is 0 Å². The van der Waals surface area contributed by atoms with Crippen LogP contribution in [0, 0.1) is 22.2 Å². The number of quaternary nitrogens is 1. The number of allylic oxidation sites excluding steroid dienone is 2. The van der Waals surface area contributed by atoms with Crippen molar-refractivity contribution >= 4 is 21.0 Å². The molecular weight excluding hydrogens is 308 g/mol. The zero-order chi connectivity index (χ0) is 16.4. The van der Waals surface area contributed by atoms with Crippen LogP contribution in [0.2, 0.25) is 0 Å². The molecule has 8 heteroatoms. The van der Waals surface area contributed by atoms with Crippen molar-refractivity contribution in [3.05, 3.63) is 68.1 Å². The zero-order valence-electron chi connectivity index (χ0n) is 12.0. The van der Waals surface area contributed by atoms with E-state index in [0.717, 1.165) is 11.1 Å². The number of rotatable bonds is 3. The van der Waals surface area contributed by atoms with Crippen molar-refractivity contribution in [2.75, 3.05) is 0 Å². The fourth-order valence-corrected chi connectivity index (χ4v) is 2.92. The van der Waals surface area contributed by atoms with Crippen LogP contribution in [-0.2, 0) is 16.7 Å². The summed E-state index contributed by atoms with van der Waals surface area (Å²) in [4.78, 5) is 10.0. The van der Waals surface area contributed by atoms with E-state index in [4.69, 9.17) is 0 Å². The first-order valence-corrected chi connectivity index (χ1v) is 7.51. The molecule has 0 saturated carbocycles. The van der Waals surface area contributed by atoms with Gasteiger partial charge in [-0.05, 0) is 43.0 Å². The number of nitro groups is 1. The van der Waals surface area contributed by atoms with Crippen LogP contribution in [0.1, 0.15) is 18.1 Å². The van der Waals surface area contributed by atoms with Crippen molar-refractivity contribution in [1.29, 1.82) is 0 Å². The van der Waals surface area contributed by atoms with E-state index >= 15 is 0 Å². The van der Waals surface area contributed by atoms with Crippen LogP contribution in [0.3, 0.4) is 0 Å². The van der Waals surface area contributed by atoms with Gasteiger partial charge in [0.1, 0.15) is 6.20 Å². The lowest BCUT2D eigenvalue weighted by Crippen LogP contribution is -3.06. The summed E-state index contributed by atoms with van der Waals surface area (Å²) in [5.41, 5.74) is 2.71.